The molecule has 0 saturated heterocycles. The lowest BCUT2D eigenvalue weighted by Gasteiger charge is -2.28. The lowest BCUT2D eigenvalue weighted by molar-refractivity contribution is -0.162. The second-order valence-electron chi connectivity index (χ2n) is 7.37. The third-order valence-corrected chi connectivity index (χ3v) is 3.61. The van der Waals surface area contributed by atoms with Crippen LogP contribution in [0.1, 0.15) is 41.5 Å². The van der Waals surface area contributed by atoms with Gasteiger partial charge in [-0.15, -0.1) is 0 Å². The lowest BCUT2D eigenvalue weighted by Crippen LogP contribution is -2.42. The van der Waals surface area contributed by atoms with Crippen LogP contribution in [0.5, 0.6) is 0 Å². The lowest BCUT2D eigenvalue weighted by atomic mass is 9.97. The number of esters is 2. The minimum Gasteiger partial charge on any atom is -0.464 e. The van der Waals surface area contributed by atoms with Crippen LogP contribution >= 0.6 is 15.9 Å². The molecule has 0 aromatic heterocycles. The predicted octanol–water partition coefficient (Wildman–Crippen LogP) is 3.27. The van der Waals surface area contributed by atoms with Crippen LogP contribution in [0, 0.1) is 10.8 Å². The van der Waals surface area contributed by atoms with Crippen LogP contribution in [0.3, 0.4) is 0 Å². The zero-order valence-corrected chi connectivity index (χ0v) is 16.8. The van der Waals surface area contributed by atoms with Gasteiger partial charge in [0, 0.05) is 0 Å². The van der Waals surface area contributed by atoms with Crippen molar-refractivity contribution < 1.29 is 28.3 Å². The molecule has 3 atom stereocenters. The number of carbonyl (C=O) groups is 2. The van der Waals surface area contributed by atoms with Crippen molar-refractivity contribution in [1.29, 1.82) is 0 Å². The van der Waals surface area contributed by atoms with Crippen LogP contribution in [0.2, 0.25) is 0 Å². The highest BCUT2D eigenvalue weighted by molar-refractivity contribution is 9.09. The minimum atomic E-state index is -1.73. The summed E-state index contributed by atoms with van der Waals surface area (Å²) in [6.07, 6.45) is -2.06. The predicted molar refractivity (Wildman–Crippen MR) is 92.9 cm³/mol. The molecule has 140 valence electrons. The number of nitrogens with zero attached hydrogens (tertiary/aromatic N) is 1. The monoisotopic (exact) mass is 411 g/mol. The molecule has 0 rings (SSSR count). The van der Waals surface area contributed by atoms with Gasteiger partial charge in [0.2, 0.25) is 0 Å². The number of carbonyl (C=O) groups excluding carboxylic acids is 2. The van der Waals surface area contributed by atoms with Crippen LogP contribution < -0.4 is 0 Å². The van der Waals surface area contributed by atoms with Crippen LogP contribution in [0.15, 0.2) is 5.16 Å². The maximum absolute atomic E-state index is 14.3. The molecule has 0 heterocycles. The number of ether oxygens (including phenoxy) is 2. The molecule has 6 nitrogen and oxygen atoms in total. The van der Waals surface area contributed by atoms with E-state index in [0.29, 0.717) is 0 Å². The van der Waals surface area contributed by atoms with E-state index >= 15 is 0 Å². The van der Waals surface area contributed by atoms with E-state index in [1.807, 2.05) is 0 Å². The summed E-state index contributed by atoms with van der Waals surface area (Å²) in [5.74, 6) is -1.01. The molecule has 0 radical (unpaired) electrons. The quantitative estimate of drug-likeness (QED) is 0.278. The molecule has 0 amide bonds. The van der Waals surface area contributed by atoms with Crippen molar-refractivity contribution >= 4 is 34.1 Å². The van der Waals surface area contributed by atoms with Gasteiger partial charge in [0.05, 0.1) is 21.9 Å². The van der Waals surface area contributed by atoms with E-state index in [-0.39, 0.29) is 6.61 Å². The first-order chi connectivity index (χ1) is 10.8. The van der Waals surface area contributed by atoms with Gasteiger partial charge in [0.25, 0.3) is 0 Å². The summed E-state index contributed by atoms with van der Waals surface area (Å²) in [4.78, 5) is 27.6. The maximum Gasteiger partial charge on any atom is 0.311 e. The zero-order valence-electron chi connectivity index (χ0n) is 15.3. The van der Waals surface area contributed by atoms with E-state index < -0.39 is 39.9 Å². The molecular weight excluding hydrogens is 385 g/mol. The van der Waals surface area contributed by atoms with Gasteiger partial charge in [-0.1, -0.05) is 21.1 Å². The fraction of sp³-hybridized carbons (Fsp3) is 0.812. The molecule has 0 aliphatic rings. The Hall–Kier alpha value is -1.18. The first kappa shape index (κ1) is 22.8. The van der Waals surface area contributed by atoms with Crippen LogP contribution in [0.25, 0.3) is 0 Å². The summed E-state index contributed by atoms with van der Waals surface area (Å²) >= 11 is 3.23. The van der Waals surface area contributed by atoms with Crippen molar-refractivity contribution in [2.75, 3.05) is 13.7 Å². The van der Waals surface area contributed by atoms with Crippen LogP contribution in [-0.4, -0.2) is 49.0 Å². The smallest absolute Gasteiger partial charge is 0.311 e. The summed E-state index contributed by atoms with van der Waals surface area (Å²) in [6, 6.07) is 0. The average molecular weight is 412 g/mol. The summed E-state index contributed by atoms with van der Waals surface area (Å²) in [5.41, 5.74) is -1.48. The number of rotatable bonds is 7. The van der Waals surface area contributed by atoms with Crippen molar-refractivity contribution in [3.8, 4) is 0 Å². The van der Waals surface area contributed by atoms with Crippen LogP contribution in [-0.2, 0) is 23.9 Å². The highest BCUT2D eigenvalue weighted by Gasteiger charge is 2.36. The van der Waals surface area contributed by atoms with Gasteiger partial charge in [-0.3, -0.25) is 9.59 Å². The normalized spacial score (nSPS) is 16.4. The maximum atomic E-state index is 14.3. The van der Waals surface area contributed by atoms with Gasteiger partial charge in [0.1, 0.15) is 13.7 Å². The SMILES string of the molecule is CON=C[C@@H](F)[C@H](OC(=O)C(C)(C)C)[C@@H](Br)COC(=O)C(C)(C)C. The molecule has 8 heteroatoms. The topological polar surface area (TPSA) is 74.2 Å². The van der Waals surface area contributed by atoms with E-state index in [9.17, 15) is 14.0 Å². The molecule has 0 bridgehead atoms. The zero-order chi connectivity index (χ0) is 19.1. The molecule has 0 aromatic carbocycles. The van der Waals surface area contributed by atoms with Crippen molar-refractivity contribution in [3.63, 3.8) is 0 Å². The Kier molecular flexibility index (Phi) is 8.88. The standard InChI is InChI=1S/C16H27BrFNO5/c1-15(2,3)13(20)23-9-10(17)12(11(18)8-19-22-7)24-14(21)16(4,5)6/h8,10-12H,9H2,1-7H3/t10-,11+,12+/m0/s1. The van der Waals surface area contributed by atoms with E-state index in [0.717, 1.165) is 6.21 Å². The molecule has 0 aliphatic heterocycles. The Morgan fingerprint density at radius 3 is 2.04 bits per heavy atom. The van der Waals surface area contributed by atoms with E-state index in [2.05, 4.69) is 25.9 Å². The molecule has 0 fully saturated rings. The average Bonchev–Trinajstić information content (AvgIpc) is 2.44. The molecular formula is C16H27BrFNO5. The van der Waals surface area contributed by atoms with Gasteiger partial charge in [-0.2, -0.15) is 0 Å². The van der Waals surface area contributed by atoms with Gasteiger partial charge in [-0.25, -0.2) is 4.39 Å². The fourth-order valence-corrected chi connectivity index (χ4v) is 1.84. The van der Waals surface area contributed by atoms with Gasteiger partial charge in [0.15, 0.2) is 12.3 Å². The second kappa shape index (κ2) is 9.34. The fourth-order valence-electron chi connectivity index (χ4n) is 1.31. The second-order valence-corrected chi connectivity index (χ2v) is 8.54. The Balaban J connectivity index is 5.06. The Labute approximate surface area is 151 Å². The largest absolute Gasteiger partial charge is 0.464 e. The molecule has 24 heavy (non-hydrogen) atoms. The first-order valence-electron chi connectivity index (χ1n) is 7.53. The Bertz CT molecular complexity index is 456. The summed E-state index contributed by atoms with van der Waals surface area (Å²) < 4.78 is 24.7. The van der Waals surface area contributed by atoms with Crippen molar-refractivity contribution in [1.82, 2.24) is 0 Å². The molecule has 0 spiro atoms. The van der Waals surface area contributed by atoms with E-state index in [1.165, 1.54) is 7.11 Å². The Morgan fingerprint density at radius 1 is 1.12 bits per heavy atom. The van der Waals surface area contributed by atoms with Crippen molar-refractivity contribution in [2.45, 2.75) is 58.6 Å². The summed E-state index contributed by atoms with van der Waals surface area (Å²) in [7, 11) is 1.27. The van der Waals surface area contributed by atoms with E-state index in [1.54, 1.807) is 41.5 Å². The van der Waals surface area contributed by atoms with Crippen LogP contribution in [0.4, 0.5) is 4.39 Å². The first-order valence-corrected chi connectivity index (χ1v) is 8.45. The number of hydrogen-bond donors (Lipinski definition) is 0. The van der Waals surface area contributed by atoms with Gasteiger partial charge >= 0.3 is 11.9 Å². The molecule has 0 aromatic rings. The van der Waals surface area contributed by atoms with Gasteiger partial charge < -0.3 is 14.3 Å². The molecule has 0 N–H and O–H groups in total. The van der Waals surface area contributed by atoms with Gasteiger partial charge in [-0.05, 0) is 41.5 Å². The number of alkyl halides is 2. The third-order valence-electron chi connectivity index (χ3n) is 2.82. The van der Waals surface area contributed by atoms with Crippen molar-refractivity contribution in [3.05, 3.63) is 0 Å². The summed E-state index contributed by atoms with van der Waals surface area (Å²) in [5, 5.41) is 3.36. The van der Waals surface area contributed by atoms with E-state index in [4.69, 9.17) is 9.47 Å². The van der Waals surface area contributed by atoms with Crippen molar-refractivity contribution in [2.24, 2.45) is 16.0 Å². The molecule has 0 saturated carbocycles. The number of halogens is 2. The highest BCUT2D eigenvalue weighted by Crippen LogP contribution is 2.23. The number of hydrogen-bond acceptors (Lipinski definition) is 6. The number of oxime groups is 1. The molecule has 0 unspecified atom stereocenters. The third kappa shape index (κ3) is 8.08. The molecule has 0 aliphatic carbocycles. The minimum absolute atomic E-state index is 0.153. The Morgan fingerprint density at radius 2 is 1.62 bits per heavy atom. The highest BCUT2D eigenvalue weighted by atomic mass is 79.9. The summed E-state index contributed by atoms with van der Waals surface area (Å²) in [6.45, 7) is 9.94.